The summed E-state index contributed by atoms with van der Waals surface area (Å²) in [6.45, 7) is 2.81. The van der Waals surface area contributed by atoms with Gasteiger partial charge in [-0.2, -0.15) is 4.98 Å². The van der Waals surface area contributed by atoms with Crippen molar-refractivity contribution in [2.75, 3.05) is 23.8 Å². The van der Waals surface area contributed by atoms with E-state index in [-0.39, 0.29) is 0 Å². The molecule has 1 N–H and O–H groups in total. The number of hydrogen-bond acceptors (Lipinski definition) is 5. The molecule has 0 saturated carbocycles. The molecule has 0 fully saturated rings. The average molecular weight is 358 g/mol. The molecule has 2 aromatic heterocycles. The molecule has 27 heavy (non-hydrogen) atoms. The third-order valence-corrected chi connectivity index (χ3v) is 4.61. The second kappa shape index (κ2) is 7.07. The van der Waals surface area contributed by atoms with Crippen molar-refractivity contribution in [3.63, 3.8) is 0 Å². The number of fused-ring (bicyclic) bond motifs is 1. The lowest BCUT2D eigenvalue weighted by molar-refractivity contribution is 0.947. The molecule has 6 heteroatoms. The van der Waals surface area contributed by atoms with Crippen LogP contribution in [0.4, 0.5) is 17.5 Å². The van der Waals surface area contributed by atoms with Gasteiger partial charge < -0.3 is 14.8 Å². The number of aromatic nitrogens is 4. The predicted molar refractivity (Wildman–Crippen MR) is 110 cm³/mol. The summed E-state index contributed by atoms with van der Waals surface area (Å²) < 4.78 is 2.04. The summed E-state index contributed by atoms with van der Waals surface area (Å²) in [5.74, 6) is 1.47. The van der Waals surface area contributed by atoms with Gasteiger partial charge >= 0.3 is 0 Å². The van der Waals surface area contributed by atoms with E-state index in [1.54, 1.807) is 6.20 Å². The highest BCUT2D eigenvalue weighted by atomic mass is 15.2. The Balaban J connectivity index is 1.84. The Morgan fingerprint density at radius 3 is 2.67 bits per heavy atom. The molecule has 4 aromatic rings. The van der Waals surface area contributed by atoms with Crippen LogP contribution in [0.1, 0.15) is 6.92 Å². The smallest absolute Gasteiger partial charge is 0.224 e. The van der Waals surface area contributed by atoms with Crippen molar-refractivity contribution in [1.29, 1.82) is 0 Å². The number of nitrogens with zero attached hydrogens (tertiary/aromatic N) is 5. The molecular formula is C21H22N6. The maximum absolute atomic E-state index is 4.62. The molecule has 6 nitrogen and oxygen atoms in total. The van der Waals surface area contributed by atoms with E-state index >= 15 is 0 Å². The van der Waals surface area contributed by atoms with Crippen LogP contribution in [-0.4, -0.2) is 33.1 Å². The number of rotatable bonds is 5. The van der Waals surface area contributed by atoms with Gasteiger partial charge in [0.05, 0.1) is 17.4 Å². The molecule has 0 amide bonds. The molecule has 0 unspecified atom stereocenters. The normalized spacial score (nSPS) is 10.9. The number of imidazole rings is 1. The first-order chi connectivity index (χ1) is 13.2. The highest BCUT2D eigenvalue weighted by molar-refractivity contribution is 5.95. The Kier molecular flexibility index (Phi) is 4.46. The van der Waals surface area contributed by atoms with Crippen LogP contribution in [-0.2, 0) is 7.05 Å². The maximum atomic E-state index is 4.62. The molecule has 0 aliphatic carbocycles. The molecule has 0 radical (unpaired) electrons. The minimum absolute atomic E-state index is 0.631. The van der Waals surface area contributed by atoms with Gasteiger partial charge in [-0.25, -0.2) is 9.97 Å². The molecule has 0 atom stereocenters. The van der Waals surface area contributed by atoms with Crippen molar-refractivity contribution in [2.24, 2.45) is 7.05 Å². The molecule has 0 aliphatic rings. The Bertz CT molecular complexity index is 1070. The van der Waals surface area contributed by atoms with E-state index < -0.39 is 0 Å². The third kappa shape index (κ3) is 3.21. The topological polar surface area (TPSA) is 58.9 Å². The Morgan fingerprint density at radius 2 is 1.89 bits per heavy atom. The summed E-state index contributed by atoms with van der Waals surface area (Å²) in [4.78, 5) is 15.6. The molecule has 0 aliphatic heterocycles. The third-order valence-electron chi connectivity index (χ3n) is 4.61. The van der Waals surface area contributed by atoms with Crippen molar-refractivity contribution in [3.05, 3.63) is 61.1 Å². The zero-order valence-electron chi connectivity index (χ0n) is 15.7. The van der Waals surface area contributed by atoms with E-state index in [1.165, 1.54) is 0 Å². The summed E-state index contributed by atoms with van der Waals surface area (Å²) in [6, 6.07) is 16.6. The number of aryl methyl sites for hydroxylation is 1. The van der Waals surface area contributed by atoms with Gasteiger partial charge in [0, 0.05) is 38.1 Å². The first-order valence-corrected chi connectivity index (χ1v) is 8.98. The van der Waals surface area contributed by atoms with Crippen LogP contribution in [0, 0.1) is 0 Å². The van der Waals surface area contributed by atoms with Crippen LogP contribution in [0.3, 0.4) is 0 Å². The minimum Gasteiger partial charge on any atom is -0.354 e. The average Bonchev–Trinajstić information content (AvgIpc) is 3.09. The lowest BCUT2D eigenvalue weighted by Crippen LogP contribution is -2.13. The van der Waals surface area contributed by atoms with E-state index in [2.05, 4.69) is 49.4 Å². The lowest BCUT2D eigenvalue weighted by atomic mass is 10.0. The second-order valence-corrected chi connectivity index (χ2v) is 6.41. The Morgan fingerprint density at radius 1 is 1.07 bits per heavy atom. The fourth-order valence-corrected chi connectivity index (χ4v) is 3.16. The maximum Gasteiger partial charge on any atom is 0.224 e. The predicted octanol–water partition coefficient (Wildman–Crippen LogP) is 4.23. The summed E-state index contributed by atoms with van der Waals surface area (Å²) in [6.07, 6.45) is 3.63. The molecule has 0 saturated heterocycles. The van der Waals surface area contributed by atoms with Gasteiger partial charge in [0.15, 0.2) is 0 Å². The first kappa shape index (κ1) is 17.0. The Hall–Kier alpha value is -3.41. The number of nitrogens with one attached hydrogen (secondary N) is 1. The first-order valence-electron chi connectivity index (χ1n) is 8.98. The summed E-state index contributed by atoms with van der Waals surface area (Å²) >= 11 is 0. The van der Waals surface area contributed by atoms with Crippen molar-refractivity contribution in [3.8, 4) is 11.1 Å². The van der Waals surface area contributed by atoms with E-state index in [9.17, 15) is 0 Å². The van der Waals surface area contributed by atoms with Gasteiger partial charge in [0.2, 0.25) is 5.95 Å². The SMILES string of the molecule is CCNc1nccc(N(C)c2cc(-c3ccccc3)c3ncn(C)c3c2)n1. The molecule has 136 valence electrons. The van der Waals surface area contributed by atoms with E-state index in [0.29, 0.717) is 5.95 Å². The van der Waals surface area contributed by atoms with Crippen molar-refractivity contribution in [2.45, 2.75) is 6.92 Å². The Labute approximate surface area is 158 Å². The monoisotopic (exact) mass is 358 g/mol. The van der Waals surface area contributed by atoms with E-state index in [1.807, 2.05) is 56.2 Å². The van der Waals surface area contributed by atoms with E-state index in [0.717, 1.165) is 40.2 Å². The fourth-order valence-electron chi connectivity index (χ4n) is 3.16. The number of anilines is 3. The van der Waals surface area contributed by atoms with E-state index in [4.69, 9.17) is 0 Å². The molecule has 0 bridgehead atoms. The van der Waals surface area contributed by atoms with Gasteiger partial charge in [0.1, 0.15) is 5.82 Å². The van der Waals surface area contributed by atoms with Crippen LogP contribution < -0.4 is 10.2 Å². The minimum atomic E-state index is 0.631. The number of benzene rings is 2. The highest BCUT2D eigenvalue weighted by Crippen LogP contribution is 2.34. The van der Waals surface area contributed by atoms with Crippen molar-refractivity contribution >= 4 is 28.5 Å². The standard InChI is InChI=1S/C21H22N6/c1-4-22-21-23-11-10-19(25-21)27(3)16-12-17(15-8-6-5-7-9-15)20-18(13-16)26(2)14-24-20/h5-14H,4H2,1-3H3,(H,22,23,25). The molecular weight excluding hydrogens is 336 g/mol. The zero-order chi connectivity index (χ0) is 18.8. The van der Waals surface area contributed by atoms with Crippen LogP contribution in [0.15, 0.2) is 61.1 Å². The van der Waals surface area contributed by atoms with Crippen molar-refractivity contribution in [1.82, 2.24) is 19.5 Å². The summed E-state index contributed by atoms with van der Waals surface area (Å²) in [7, 11) is 4.03. The molecule has 4 rings (SSSR count). The van der Waals surface area contributed by atoms with Gasteiger partial charge in [-0.1, -0.05) is 30.3 Å². The molecule has 2 aromatic carbocycles. The van der Waals surface area contributed by atoms with Gasteiger partial charge in [-0.3, -0.25) is 0 Å². The van der Waals surface area contributed by atoms with Crippen LogP contribution in [0.5, 0.6) is 0 Å². The van der Waals surface area contributed by atoms with Crippen LogP contribution in [0.2, 0.25) is 0 Å². The zero-order valence-corrected chi connectivity index (χ0v) is 15.7. The van der Waals surface area contributed by atoms with Gasteiger partial charge in [0.25, 0.3) is 0 Å². The lowest BCUT2D eigenvalue weighted by Gasteiger charge is -2.20. The van der Waals surface area contributed by atoms with Gasteiger partial charge in [-0.05, 0) is 30.7 Å². The quantitative estimate of drug-likeness (QED) is 0.578. The van der Waals surface area contributed by atoms with Crippen molar-refractivity contribution < 1.29 is 0 Å². The number of hydrogen-bond donors (Lipinski definition) is 1. The summed E-state index contributed by atoms with van der Waals surface area (Å²) in [5.41, 5.74) is 5.38. The van der Waals surface area contributed by atoms with Crippen LogP contribution in [0.25, 0.3) is 22.2 Å². The highest BCUT2D eigenvalue weighted by Gasteiger charge is 2.14. The molecule has 0 spiro atoms. The van der Waals surface area contributed by atoms with Gasteiger partial charge in [-0.15, -0.1) is 0 Å². The fraction of sp³-hybridized carbons (Fsp3) is 0.190. The van der Waals surface area contributed by atoms with Crippen LogP contribution >= 0.6 is 0 Å². The largest absolute Gasteiger partial charge is 0.354 e. The summed E-state index contributed by atoms with van der Waals surface area (Å²) in [5, 5.41) is 3.16. The second-order valence-electron chi connectivity index (χ2n) is 6.41. The molecule has 2 heterocycles.